The zero-order valence-electron chi connectivity index (χ0n) is 20.6. The monoisotopic (exact) mass is 448 g/mol. The Morgan fingerprint density at radius 1 is 0.719 bits per heavy atom. The first kappa shape index (κ1) is 25.5. The third kappa shape index (κ3) is 7.45. The van der Waals surface area contributed by atoms with Crippen molar-refractivity contribution in [1.82, 2.24) is 0 Å². The standard InChI is InChI=1S/C29H46F2O/c1-3-5-6-7-8-21-32-27-20-19-26(28(30)29(27)31)25-17-15-24(16-18-25)14-13-23-11-9-22(4-2)10-12-23/h19-20,22-25H,3-18,21H2,1-2H3/t22?,23?,24-,25-. The lowest BCUT2D eigenvalue weighted by molar-refractivity contribution is 0.226. The Morgan fingerprint density at radius 3 is 1.94 bits per heavy atom. The number of unbranched alkanes of at least 4 members (excludes halogenated alkanes) is 4. The summed E-state index contributed by atoms with van der Waals surface area (Å²) in [5.74, 6) is 1.45. The van der Waals surface area contributed by atoms with Gasteiger partial charge in [0.1, 0.15) is 0 Å². The second kappa shape index (κ2) is 13.6. The molecule has 0 aliphatic heterocycles. The molecule has 0 bridgehead atoms. The van der Waals surface area contributed by atoms with Crippen LogP contribution in [-0.4, -0.2) is 6.61 Å². The normalized spacial score (nSPS) is 26.2. The van der Waals surface area contributed by atoms with E-state index in [-0.39, 0.29) is 11.7 Å². The Balaban J connectivity index is 1.40. The van der Waals surface area contributed by atoms with E-state index in [2.05, 4.69) is 13.8 Å². The van der Waals surface area contributed by atoms with Crippen LogP contribution in [0.3, 0.4) is 0 Å². The fourth-order valence-corrected chi connectivity index (χ4v) is 6.02. The molecule has 3 heteroatoms. The quantitative estimate of drug-likeness (QED) is 0.289. The van der Waals surface area contributed by atoms with Gasteiger partial charge in [0, 0.05) is 0 Å². The highest BCUT2D eigenvalue weighted by atomic mass is 19.2. The predicted octanol–water partition coefficient (Wildman–Crippen LogP) is 9.58. The Kier molecular flexibility index (Phi) is 10.8. The molecule has 0 atom stereocenters. The van der Waals surface area contributed by atoms with E-state index in [1.807, 2.05) is 0 Å². The molecule has 182 valence electrons. The lowest BCUT2D eigenvalue weighted by atomic mass is 9.74. The summed E-state index contributed by atoms with van der Waals surface area (Å²) in [7, 11) is 0. The van der Waals surface area contributed by atoms with E-state index in [0.717, 1.165) is 56.3 Å². The smallest absolute Gasteiger partial charge is 0.200 e. The van der Waals surface area contributed by atoms with Crippen molar-refractivity contribution in [3.05, 3.63) is 29.3 Å². The second-order valence-corrected chi connectivity index (χ2v) is 10.6. The Morgan fingerprint density at radius 2 is 1.31 bits per heavy atom. The number of rotatable bonds is 12. The molecule has 0 N–H and O–H groups in total. The molecule has 1 nitrogen and oxygen atoms in total. The SMILES string of the molecule is CCCCCCCOc1ccc([C@H]2CC[C@H](CCC3CCC(CC)CC3)CC2)c(F)c1F. The molecule has 1 aromatic rings. The van der Waals surface area contributed by atoms with Gasteiger partial charge in [-0.05, 0) is 67.4 Å². The molecule has 2 aliphatic carbocycles. The van der Waals surface area contributed by atoms with Gasteiger partial charge in [-0.2, -0.15) is 4.39 Å². The Labute approximate surface area is 195 Å². The molecular weight excluding hydrogens is 402 g/mol. The van der Waals surface area contributed by atoms with E-state index < -0.39 is 11.6 Å². The maximum atomic E-state index is 14.8. The van der Waals surface area contributed by atoms with E-state index in [9.17, 15) is 8.78 Å². The summed E-state index contributed by atoms with van der Waals surface area (Å²) in [6, 6.07) is 3.43. The number of hydrogen-bond donors (Lipinski definition) is 0. The van der Waals surface area contributed by atoms with Crippen molar-refractivity contribution in [2.45, 2.75) is 122 Å². The third-order valence-corrected chi connectivity index (χ3v) is 8.40. The molecule has 1 aromatic carbocycles. The molecular formula is C29H46F2O. The zero-order chi connectivity index (χ0) is 22.8. The molecule has 2 aliphatic rings. The first-order chi connectivity index (χ1) is 15.6. The molecule has 32 heavy (non-hydrogen) atoms. The van der Waals surface area contributed by atoms with Gasteiger partial charge in [-0.1, -0.05) is 90.5 Å². The van der Waals surface area contributed by atoms with Gasteiger partial charge in [-0.3, -0.25) is 0 Å². The molecule has 0 aromatic heterocycles. The lowest BCUT2D eigenvalue weighted by Crippen LogP contribution is -2.18. The molecule has 0 unspecified atom stereocenters. The van der Waals surface area contributed by atoms with Crippen LogP contribution in [0.25, 0.3) is 0 Å². The minimum Gasteiger partial charge on any atom is -0.490 e. The van der Waals surface area contributed by atoms with Crippen molar-refractivity contribution < 1.29 is 13.5 Å². The van der Waals surface area contributed by atoms with Crippen molar-refractivity contribution in [3.8, 4) is 5.75 Å². The van der Waals surface area contributed by atoms with Crippen molar-refractivity contribution in [2.24, 2.45) is 17.8 Å². The van der Waals surface area contributed by atoms with Crippen LogP contribution in [-0.2, 0) is 0 Å². The minimum absolute atomic E-state index is 0.0771. The van der Waals surface area contributed by atoms with Crippen LogP contribution in [0.2, 0.25) is 0 Å². The van der Waals surface area contributed by atoms with Crippen molar-refractivity contribution in [2.75, 3.05) is 6.61 Å². The summed E-state index contributed by atoms with van der Waals surface area (Å²) in [5, 5.41) is 0. The summed E-state index contributed by atoms with van der Waals surface area (Å²) in [6.07, 6.45) is 19.6. The predicted molar refractivity (Wildman–Crippen MR) is 130 cm³/mol. The van der Waals surface area contributed by atoms with Crippen molar-refractivity contribution in [1.29, 1.82) is 0 Å². The molecule has 3 rings (SSSR count). The van der Waals surface area contributed by atoms with Gasteiger partial charge in [-0.15, -0.1) is 0 Å². The lowest BCUT2D eigenvalue weighted by Gasteiger charge is -2.32. The highest BCUT2D eigenvalue weighted by Crippen LogP contribution is 2.41. The van der Waals surface area contributed by atoms with Gasteiger partial charge < -0.3 is 4.74 Å². The summed E-state index contributed by atoms with van der Waals surface area (Å²) in [6.45, 7) is 4.97. The summed E-state index contributed by atoms with van der Waals surface area (Å²) >= 11 is 0. The van der Waals surface area contributed by atoms with Gasteiger partial charge in [-0.25, -0.2) is 4.39 Å². The highest BCUT2D eigenvalue weighted by Gasteiger charge is 2.28. The molecule has 0 heterocycles. The number of benzene rings is 1. The number of hydrogen-bond acceptors (Lipinski definition) is 1. The average molecular weight is 449 g/mol. The van der Waals surface area contributed by atoms with Crippen molar-refractivity contribution in [3.63, 3.8) is 0 Å². The highest BCUT2D eigenvalue weighted by molar-refractivity contribution is 5.33. The van der Waals surface area contributed by atoms with Crippen LogP contribution in [0.1, 0.15) is 128 Å². The number of halogens is 2. The number of ether oxygens (including phenoxy) is 1. The van der Waals surface area contributed by atoms with Crippen LogP contribution in [0, 0.1) is 29.4 Å². The first-order valence-electron chi connectivity index (χ1n) is 13.7. The van der Waals surface area contributed by atoms with Gasteiger partial charge in [0.25, 0.3) is 0 Å². The molecule has 2 saturated carbocycles. The van der Waals surface area contributed by atoms with Gasteiger partial charge in [0.05, 0.1) is 6.61 Å². The largest absolute Gasteiger partial charge is 0.490 e. The average Bonchev–Trinajstić information content (AvgIpc) is 2.83. The van der Waals surface area contributed by atoms with Gasteiger partial charge >= 0.3 is 0 Å². The third-order valence-electron chi connectivity index (χ3n) is 8.40. The maximum Gasteiger partial charge on any atom is 0.200 e. The van der Waals surface area contributed by atoms with Crippen LogP contribution < -0.4 is 4.74 Å². The topological polar surface area (TPSA) is 9.23 Å². The van der Waals surface area contributed by atoms with E-state index in [4.69, 9.17) is 4.74 Å². The molecule has 0 saturated heterocycles. The van der Waals surface area contributed by atoms with E-state index in [0.29, 0.717) is 12.2 Å². The molecule has 0 radical (unpaired) electrons. The molecule has 0 amide bonds. The van der Waals surface area contributed by atoms with Crippen LogP contribution >= 0.6 is 0 Å². The zero-order valence-corrected chi connectivity index (χ0v) is 20.6. The Bertz CT molecular complexity index is 657. The summed E-state index contributed by atoms with van der Waals surface area (Å²) < 4.78 is 35.0. The minimum atomic E-state index is -0.791. The van der Waals surface area contributed by atoms with Crippen LogP contribution in [0.4, 0.5) is 8.78 Å². The Hall–Kier alpha value is -1.12. The summed E-state index contributed by atoms with van der Waals surface area (Å²) in [5.41, 5.74) is 0.564. The van der Waals surface area contributed by atoms with E-state index in [1.165, 1.54) is 64.2 Å². The van der Waals surface area contributed by atoms with Gasteiger partial charge in [0.15, 0.2) is 11.6 Å². The van der Waals surface area contributed by atoms with Gasteiger partial charge in [0.2, 0.25) is 5.82 Å². The summed E-state index contributed by atoms with van der Waals surface area (Å²) in [4.78, 5) is 0. The fourth-order valence-electron chi connectivity index (χ4n) is 6.02. The first-order valence-corrected chi connectivity index (χ1v) is 13.7. The van der Waals surface area contributed by atoms with Crippen molar-refractivity contribution >= 4 is 0 Å². The molecule has 0 spiro atoms. The van der Waals surface area contributed by atoms with E-state index >= 15 is 0 Å². The maximum absolute atomic E-state index is 14.8. The van der Waals surface area contributed by atoms with Crippen LogP contribution in [0.15, 0.2) is 12.1 Å². The van der Waals surface area contributed by atoms with E-state index in [1.54, 1.807) is 12.1 Å². The fraction of sp³-hybridized carbons (Fsp3) is 0.793. The molecule has 2 fully saturated rings. The second-order valence-electron chi connectivity index (χ2n) is 10.6. The van der Waals surface area contributed by atoms with Crippen LogP contribution in [0.5, 0.6) is 5.75 Å².